The zero-order chi connectivity index (χ0) is 14.5. The average Bonchev–Trinajstić information content (AvgIpc) is 2.38. The van der Waals surface area contributed by atoms with Crippen molar-refractivity contribution in [1.82, 2.24) is 15.0 Å². The second kappa shape index (κ2) is 6.47. The van der Waals surface area contributed by atoms with E-state index < -0.39 is 0 Å². The van der Waals surface area contributed by atoms with Gasteiger partial charge in [0.05, 0.1) is 12.6 Å². The number of nitrogens with one attached hydrogen (secondary N) is 1. The average molecular weight is 297 g/mol. The fourth-order valence-corrected chi connectivity index (χ4v) is 1.84. The Morgan fingerprint density at radius 2 is 2.05 bits per heavy atom. The van der Waals surface area contributed by atoms with E-state index in [1.54, 1.807) is 25.1 Å². The number of hydrogen-bond donors (Lipinski definition) is 1. The van der Waals surface area contributed by atoms with E-state index in [1.807, 2.05) is 6.92 Å². The van der Waals surface area contributed by atoms with E-state index in [-0.39, 0.29) is 29.1 Å². The molecule has 0 radical (unpaired) electrons. The molecule has 1 heterocycles. The van der Waals surface area contributed by atoms with E-state index >= 15 is 0 Å². The van der Waals surface area contributed by atoms with Gasteiger partial charge in [0.1, 0.15) is 5.82 Å². The van der Waals surface area contributed by atoms with Crippen molar-refractivity contribution in [2.45, 2.75) is 19.9 Å². The van der Waals surface area contributed by atoms with Gasteiger partial charge in [-0.15, -0.1) is 0 Å². The van der Waals surface area contributed by atoms with Gasteiger partial charge in [-0.05, 0) is 31.5 Å². The minimum absolute atomic E-state index is 0.0201. The van der Waals surface area contributed by atoms with Crippen molar-refractivity contribution in [3.63, 3.8) is 0 Å². The summed E-state index contributed by atoms with van der Waals surface area (Å²) in [5.41, 5.74) is 0.516. The van der Waals surface area contributed by atoms with Gasteiger partial charge >= 0.3 is 6.01 Å². The molecule has 1 aromatic carbocycles. The van der Waals surface area contributed by atoms with Gasteiger partial charge in [0.2, 0.25) is 11.2 Å². The first kappa shape index (κ1) is 14.5. The number of halogens is 2. The molecule has 1 N–H and O–H groups in total. The standard InChI is InChI=1S/C13H14ClFN4O/c1-3-20-13-18-11(14)17-12(19-13)16-8(2)9-6-4-5-7-10(9)15/h4-8H,3H2,1-2H3,(H,16,17,18,19). The Kier molecular flexibility index (Phi) is 4.68. The highest BCUT2D eigenvalue weighted by Gasteiger charge is 2.13. The summed E-state index contributed by atoms with van der Waals surface area (Å²) < 4.78 is 18.9. The predicted octanol–water partition coefficient (Wildman–Crippen LogP) is 3.24. The van der Waals surface area contributed by atoms with Crippen LogP contribution < -0.4 is 10.1 Å². The maximum absolute atomic E-state index is 13.7. The highest BCUT2D eigenvalue weighted by molar-refractivity contribution is 6.28. The summed E-state index contributed by atoms with van der Waals surface area (Å²) in [6.07, 6.45) is 0. The number of ether oxygens (including phenoxy) is 1. The zero-order valence-electron chi connectivity index (χ0n) is 11.1. The van der Waals surface area contributed by atoms with Crippen LogP contribution in [0.1, 0.15) is 25.5 Å². The van der Waals surface area contributed by atoms with Crippen molar-refractivity contribution in [2.24, 2.45) is 0 Å². The SMILES string of the molecule is CCOc1nc(Cl)nc(NC(C)c2ccccc2F)n1. The molecule has 2 aromatic rings. The Balaban J connectivity index is 2.19. The van der Waals surface area contributed by atoms with Gasteiger partial charge in [-0.25, -0.2) is 4.39 Å². The van der Waals surface area contributed by atoms with Crippen molar-refractivity contribution in [2.75, 3.05) is 11.9 Å². The highest BCUT2D eigenvalue weighted by atomic mass is 35.5. The first-order valence-corrected chi connectivity index (χ1v) is 6.53. The van der Waals surface area contributed by atoms with E-state index in [4.69, 9.17) is 16.3 Å². The molecule has 1 unspecified atom stereocenters. The van der Waals surface area contributed by atoms with Crippen LogP contribution >= 0.6 is 11.6 Å². The second-order valence-corrected chi connectivity index (χ2v) is 4.37. The molecule has 0 amide bonds. The zero-order valence-corrected chi connectivity index (χ0v) is 11.9. The van der Waals surface area contributed by atoms with Crippen LogP contribution in [-0.2, 0) is 0 Å². The van der Waals surface area contributed by atoms with Crippen LogP contribution in [0, 0.1) is 5.82 Å². The van der Waals surface area contributed by atoms with Crippen molar-refractivity contribution >= 4 is 17.5 Å². The van der Waals surface area contributed by atoms with Crippen LogP contribution in [0.2, 0.25) is 5.28 Å². The molecule has 0 saturated carbocycles. The molecule has 0 saturated heterocycles. The van der Waals surface area contributed by atoms with Crippen molar-refractivity contribution in [3.05, 3.63) is 40.9 Å². The second-order valence-electron chi connectivity index (χ2n) is 4.03. The smallest absolute Gasteiger partial charge is 0.322 e. The highest BCUT2D eigenvalue weighted by Crippen LogP contribution is 2.21. The lowest BCUT2D eigenvalue weighted by atomic mass is 10.1. The minimum Gasteiger partial charge on any atom is -0.464 e. The fourth-order valence-electron chi connectivity index (χ4n) is 1.69. The third-order valence-corrected chi connectivity index (χ3v) is 2.75. The van der Waals surface area contributed by atoms with Crippen LogP contribution in [0.25, 0.3) is 0 Å². The number of nitrogens with zero attached hydrogens (tertiary/aromatic N) is 3. The molecular weight excluding hydrogens is 283 g/mol. The van der Waals surface area contributed by atoms with Gasteiger partial charge in [-0.2, -0.15) is 15.0 Å². The molecular formula is C13H14ClFN4O. The molecule has 0 bridgehead atoms. The van der Waals surface area contributed by atoms with E-state index in [0.717, 1.165) is 0 Å². The lowest BCUT2D eigenvalue weighted by Crippen LogP contribution is -2.12. The van der Waals surface area contributed by atoms with Gasteiger partial charge in [-0.3, -0.25) is 0 Å². The summed E-state index contributed by atoms with van der Waals surface area (Å²) >= 11 is 5.79. The molecule has 106 valence electrons. The number of rotatable bonds is 5. The Bertz CT molecular complexity index is 596. The monoisotopic (exact) mass is 296 g/mol. The molecule has 1 atom stereocenters. The normalized spacial score (nSPS) is 12.0. The van der Waals surface area contributed by atoms with E-state index in [9.17, 15) is 4.39 Å². The third-order valence-electron chi connectivity index (χ3n) is 2.58. The summed E-state index contributed by atoms with van der Waals surface area (Å²) in [6.45, 7) is 4.03. The molecule has 2 rings (SSSR count). The lowest BCUT2D eigenvalue weighted by Gasteiger charge is -2.15. The molecule has 20 heavy (non-hydrogen) atoms. The van der Waals surface area contributed by atoms with Crippen LogP contribution in [0.4, 0.5) is 10.3 Å². The van der Waals surface area contributed by atoms with Gasteiger partial charge in [0.25, 0.3) is 0 Å². The predicted molar refractivity (Wildman–Crippen MR) is 74.4 cm³/mol. The fraction of sp³-hybridized carbons (Fsp3) is 0.308. The largest absolute Gasteiger partial charge is 0.464 e. The van der Waals surface area contributed by atoms with Crippen LogP contribution in [-0.4, -0.2) is 21.6 Å². The molecule has 7 heteroatoms. The molecule has 0 aliphatic rings. The Labute approximate surface area is 121 Å². The van der Waals surface area contributed by atoms with E-state index in [2.05, 4.69) is 20.3 Å². The molecule has 5 nitrogen and oxygen atoms in total. The Hall–Kier alpha value is -1.95. The quantitative estimate of drug-likeness (QED) is 0.918. The van der Waals surface area contributed by atoms with Crippen LogP contribution in [0.3, 0.4) is 0 Å². The Morgan fingerprint density at radius 1 is 1.30 bits per heavy atom. The number of benzene rings is 1. The summed E-state index contributed by atoms with van der Waals surface area (Å²) in [5.74, 6) is -0.0538. The van der Waals surface area contributed by atoms with Crippen LogP contribution in [0.15, 0.2) is 24.3 Å². The number of aromatic nitrogens is 3. The summed E-state index contributed by atoms with van der Waals surface area (Å²) in [7, 11) is 0. The molecule has 0 aliphatic heterocycles. The minimum atomic E-state index is -0.316. The first-order chi connectivity index (χ1) is 9.60. The summed E-state index contributed by atoms with van der Waals surface area (Å²) in [5, 5.41) is 2.99. The van der Waals surface area contributed by atoms with Crippen molar-refractivity contribution < 1.29 is 9.13 Å². The number of hydrogen-bond acceptors (Lipinski definition) is 5. The summed E-state index contributed by atoms with van der Waals surface area (Å²) in [4.78, 5) is 11.8. The van der Waals surface area contributed by atoms with Gasteiger partial charge in [0.15, 0.2) is 0 Å². The molecule has 0 fully saturated rings. The van der Waals surface area contributed by atoms with E-state index in [0.29, 0.717) is 12.2 Å². The number of anilines is 1. The molecule has 0 spiro atoms. The van der Waals surface area contributed by atoms with Gasteiger partial charge < -0.3 is 10.1 Å². The van der Waals surface area contributed by atoms with Gasteiger partial charge in [0, 0.05) is 5.56 Å². The van der Waals surface area contributed by atoms with Crippen molar-refractivity contribution in [1.29, 1.82) is 0 Å². The van der Waals surface area contributed by atoms with Gasteiger partial charge in [-0.1, -0.05) is 18.2 Å². The molecule has 0 aliphatic carbocycles. The van der Waals surface area contributed by atoms with Crippen molar-refractivity contribution in [3.8, 4) is 6.01 Å². The summed E-state index contributed by atoms with van der Waals surface area (Å²) in [6, 6.07) is 6.32. The first-order valence-electron chi connectivity index (χ1n) is 6.15. The Morgan fingerprint density at radius 3 is 2.75 bits per heavy atom. The maximum atomic E-state index is 13.7. The topological polar surface area (TPSA) is 59.9 Å². The van der Waals surface area contributed by atoms with E-state index in [1.165, 1.54) is 6.07 Å². The van der Waals surface area contributed by atoms with Crippen LogP contribution in [0.5, 0.6) is 6.01 Å². The third kappa shape index (κ3) is 3.54. The molecule has 1 aromatic heterocycles. The maximum Gasteiger partial charge on any atom is 0.322 e. The lowest BCUT2D eigenvalue weighted by molar-refractivity contribution is 0.312.